The molecule has 0 saturated carbocycles. The molecule has 1 N–H and O–H groups in total. The van der Waals surface area contributed by atoms with Crippen molar-refractivity contribution in [1.29, 1.82) is 0 Å². The van der Waals surface area contributed by atoms with E-state index in [1.54, 1.807) is 0 Å². The minimum atomic E-state index is 0.800. The number of rotatable bonds is 3. The van der Waals surface area contributed by atoms with Crippen LogP contribution in [0.15, 0.2) is 66.7 Å². The number of hydrogen-bond acceptors (Lipinski definition) is 2. The quantitative estimate of drug-likeness (QED) is 0.407. The zero-order valence-electron chi connectivity index (χ0n) is 19.0. The molecule has 5 aliphatic rings. The first kappa shape index (κ1) is 20.8. The zero-order chi connectivity index (χ0) is 22.2. The van der Waals surface area contributed by atoms with Gasteiger partial charge in [0.05, 0.1) is 0 Å². The van der Waals surface area contributed by atoms with Gasteiger partial charge in [-0.25, -0.2) is 0 Å². The summed E-state index contributed by atoms with van der Waals surface area (Å²) in [5, 5.41) is 2.23. The number of piperazine rings is 1. The highest BCUT2D eigenvalue weighted by atomic mass is 35.5. The summed E-state index contributed by atoms with van der Waals surface area (Å²) in [6.07, 6.45) is 4.36. The first-order valence-electron chi connectivity index (χ1n) is 12.1. The number of anilines is 1. The summed E-state index contributed by atoms with van der Waals surface area (Å²) in [4.78, 5) is 8.86. The van der Waals surface area contributed by atoms with Crippen LogP contribution in [0.3, 0.4) is 0 Å². The van der Waals surface area contributed by atoms with Crippen LogP contribution in [0.25, 0.3) is 10.9 Å². The van der Waals surface area contributed by atoms with Crippen LogP contribution in [0.2, 0.25) is 5.02 Å². The minimum Gasteiger partial charge on any atom is -0.369 e. The molecule has 4 heteroatoms. The number of benzene rings is 3. The van der Waals surface area contributed by atoms with Crippen LogP contribution in [0.5, 0.6) is 0 Å². The molecule has 0 spiro atoms. The van der Waals surface area contributed by atoms with Gasteiger partial charge >= 0.3 is 0 Å². The Morgan fingerprint density at radius 2 is 1.33 bits per heavy atom. The lowest BCUT2D eigenvalue weighted by molar-refractivity contribution is 0.247. The van der Waals surface area contributed by atoms with E-state index < -0.39 is 0 Å². The van der Waals surface area contributed by atoms with Crippen LogP contribution in [-0.2, 0) is 32.2 Å². The minimum absolute atomic E-state index is 0.800. The Morgan fingerprint density at radius 3 is 2.03 bits per heavy atom. The molecule has 1 fully saturated rings. The second-order valence-electron chi connectivity index (χ2n) is 9.52. The number of nitrogens with zero attached hydrogens (tertiary/aromatic N) is 2. The fraction of sp³-hybridized carbons (Fsp3) is 0.310. The molecule has 1 aliphatic heterocycles. The molecule has 33 heavy (non-hydrogen) atoms. The van der Waals surface area contributed by atoms with Gasteiger partial charge in [0.15, 0.2) is 0 Å². The maximum atomic E-state index is 6.06. The molecule has 3 nitrogen and oxygen atoms in total. The molecular weight excluding hydrogens is 426 g/mol. The number of H-pyrrole nitrogens is 1. The van der Waals surface area contributed by atoms with E-state index in [0.29, 0.717) is 0 Å². The van der Waals surface area contributed by atoms with E-state index in [4.69, 9.17) is 11.6 Å². The van der Waals surface area contributed by atoms with Crippen LogP contribution in [0, 0.1) is 0 Å². The lowest BCUT2D eigenvalue weighted by Gasteiger charge is -2.36. The molecule has 4 aromatic rings. The molecule has 1 saturated heterocycles. The lowest BCUT2D eigenvalue weighted by atomic mass is 9.94. The standard InChI is InChI=1S/C29H30ClN3/c30-25-11-13-27(14-12-25)33-17-15-32(16-18-33)20-26-19-28-23-7-5-21-1-3-22(4-2-21)6-8-24(10-9-23)29(28)31-26/h1-4,9-14,19,31H,5-8,15-18,20H2. The molecule has 168 valence electrons. The van der Waals surface area contributed by atoms with Gasteiger partial charge in [-0.2, -0.15) is 0 Å². The number of aromatic amines is 1. The highest BCUT2D eigenvalue weighted by molar-refractivity contribution is 6.30. The van der Waals surface area contributed by atoms with Crippen molar-refractivity contribution in [2.24, 2.45) is 0 Å². The topological polar surface area (TPSA) is 22.3 Å². The molecule has 4 aliphatic carbocycles. The van der Waals surface area contributed by atoms with E-state index in [0.717, 1.165) is 63.4 Å². The van der Waals surface area contributed by atoms with Crippen LogP contribution in [0.4, 0.5) is 5.69 Å². The second kappa shape index (κ2) is 8.89. The van der Waals surface area contributed by atoms with Gasteiger partial charge < -0.3 is 9.88 Å². The first-order chi connectivity index (χ1) is 16.2. The van der Waals surface area contributed by atoms with E-state index in [2.05, 4.69) is 69.4 Å². The Hall–Kier alpha value is -2.75. The van der Waals surface area contributed by atoms with Crippen LogP contribution >= 0.6 is 11.6 Å². The van der Waals surface area contributed by atoms with Crippen LogP contribution in [0.1, 0.15) is 27.9 Å². The van der Waals surface area contributed by atoms with Gasteiger partial charge in [-0.15, -0.1) is 0 Å². The summed E-state index contributed by atoms with van der Waals surface area (Å²) in [6, 6.07) is 24.6. The smallest absolute Gasteiger partial charge is 0.0491 e. The van der Waals surface area contributed by atoms with Gasteiger partial charge in [0.1, 0.15) is 0 Å². The van der Waals surface area contributed by atoms with Gasteiger partial charge in [0.2, 0.25) is 0 Å². The fourth-order valence-electron chi connectivity index (χ4n) is 5.39. The third kappa shape index (κ3) is 4.40. The third-order valence-corrected chi connectivity index (χ3v) is 7.63. The molecule has 3 aromatic carbocycles. The molecule has 0 unspecified atom stereocenters. The normalized spacial score (nSPS) is 16.8. The van der Waals surface area contributed by atoms with E-state index >= 15 is 0 Å². The predicted octanol–water partition coefficient (Wildman–Crippen LogP) is 6.03. The van der Waals surface area contributed by atoms with Gasteiger partial charge in [0, 0.05) is 60.0 Å². The molecule has 0 radical (unpaired) electrons. The molecule has 1 aromatic heterocycles. The van der Waals surface area contributed by atoms with Gasteiger partial charge in [-0.3, -0.25) is 4.90 Å². The zero-order valence-corrected chi connectivity index (χ0v) is 19.7. The second-order valence-corrected chi connectivity index (χ2v) is 9.96. The molecule has 9 rings (SSSR count). The molecule has 4 bridgehead atoms. The summed E-state index contributed by atoms with van der Waals surface area (Å²) >= 11 is 6.06. The summed E-state index contributed by atoms with van der Waals surface area (Å²) < 4.78 is 0. The van der Waals surface area contributed by atoms with Crippen molar-refractivity contribution in [3.8, 4) is 0 Å². The summed E-state index contributed by atoms with van der Waals surface area (Å²) in [7, 11) is 0. The monoisotopic (exact) mass is 455 g/mol. The van der Waals surface area contributed by atoms with Crippen molar-refractivity contribution < 1.29 is 0 Å². The summed E-state index contributed by atoms with van der Waals surface area (Å²) in [6.45, 7) is 5.24. The van der Waals surface area contributed by atoms with Gasteiger partial charge in [-0.05, 0) is 78.3 Å². The Morgan fingerprint density at radius 1 is 0.697 bits per heavy atom. The molecular formula is C29H30ClN3. The first-order valence-corrected chi connectivity index (χ1v) is 12.5. The van der Waals surface area contributed by atoms with Crippen molar-refractivity contribution in [1.82, 2.24) is 9.88 Å². The number of aryl methyl sites for hydroxylation is 4. The Balaban J connectivity index is 1.20. The average molecular weight is 456 g/mol. The average Bonchev–Trinajstić information content (AvgIpc) is 3.26. The highest BCUT2D eigenvalue weighted by Gasteiger charge is 2.19. The maximum Gasteiger partial charge on any atom is 0.0491 e. The van der Waals surface area contributed by atoms with Crippen molar-refractivity contribution in [3.05, 3.63) is 99.7 Å². The van der Waals surface area contributed by atoms with E-state index in [1.165, 1.54) is 44.5 Å². The summed E-state index contributed by atoms with van der Waals surface area (Å²) in [5.41, 5.74) is 9.74. The highest BCUT2D eigenvalue weighted by Crippen LogP contribution is 2.28. The van der Waals surface area contributed by atoms with Gasteiger partial charge in [-0.1, -0.05) is 48.0 Å². The van der Waals surface area contributed by atoms with Crippen molar-refractivity contribution in [2.75, 3.05) is 31.1 Å². The number of halogens is 1. The van der Waals surface area contributed by atoms with Crippen molar-refractivity contribution in [3.63, 3.8) is 0 Å². The van der Waals surface area contributed by atoms with Crippen LogP contribution in [-0.4, -0.2) is 36.1 Å². The van der Waals surface area contributed by atoms with E-state index in [9.17, 15) is 0 Å². The largest absolute Gasteiger partial charge is 0.369 e. The van der Waals surface area contributed by atoms with Crippen molar-refractivity contribution in [2.45, 2.75) is 32.2 Å². The molecule has 0 amide bonds. The Bertz CT molecular complexity index is 1180. The third-order valence-electron chi connectivity index (χ3n) is 7.37. The molecule has 0 atom stereocenters. The van der Waals surface area contributed by atoms with Crippen LogP contribution < -0.4 is 4.90 Å². The fourth-order valence-corrected chi connectivity index (χ4v) is 5.52. The summed E-state index contributed by atoms with van der Waals surface area (Å²) in [5.74, 6) is 0. The van der Waals surface area contributed by atoms with E-state index in [-0.39, 0.29) is 0 Å². The SMILES string of the molecule is Clc1ccc(N2CCN(Cc3cc4c5ccc(c4[nH]3)CCc3ccc(cc3)CC5)CC2)cc1. The number of aromatic nitrogens is 1. The lowest BCUT2D eigenvalue weighted by Crippen LogP contribution is -2.46. The molecule has 2 heterocycles. The maximum absolute atomic E-state index is 6.06. The number of nitrogens with one attached hydrogen (secondary N) is 1. The Kier molecular flexibility index (Phi) is 5.61. The number of hydrogen-bond donors (Lipinski definition) is 1. The van der Waals surface area contributed by atoms with Gasteiger partial charge in [0.25, 0.3) is 0 Å². The Labute approximate surface area is 201 Å². The van der Waals surface area contributed by atoms with E-state index in [1.807, 2.05) is 12.1 Å². The van der Waals surface area contributed by atoms with Crippen molar-refractivity contribution >= 4 is 28.2 Å². The predicted molar refractivity (Wildman–Crippen MR) is 138 cm³/mol.